The van der Waals surface area contributed by atoms with Crippen LogP contribution >= 0.6 is 27.5 Å². The standard InChI is InChI=1S/C10H8BrClN2O3/c11-5-1-7(10(16)17)9(13-3-5)14-4-6(12)2-8(14)15/h1,3,6H,2,4H2,(H,16,17). The summed E-state index contributed by atoms with van der Waals surface area (Å²) in [5.41, 5.74) is -0.0153. The molecule has 90 valence electrons. The van der Waals surface area contributed by atoms with Crippen molar-refractivity contribution in [1.29, 1.82) is 0 Å². The smallest absolute Gasteiger partial charge is 0.339 e. The van der Waals surface area contributed by atoms with E-state index in [9.17, 15) is 9.59 Å². The predicted octanol–water partition coefficient (Wildman–Crippen LogP) is 1.89. The van der Waals surface area contributed by atoms with Crippen LogP contribution in [0.3, 0.4) is 0 Å². The lowest BCUT2D eigenvalue weighted by Crippen LogP contribution is -2.27. The van der Waals surface area contributed by atoms with E-state index in [1.807, 2.05) is 0 Å². The maximum absolute atomic E-state index is 11.6. The molecule has 0 spiro atoms. The molecule has 1 aromatic rings. The van der Waals surface area contributed by atoms with Gasteiger partial charge in [0, 0.05) is 23.6 Å². The van der Waals surface area contributed by atoms with Crippen molar-refractivity contribution in [2.45, 2.75) is 11.8 Å². The number of carboxylic acid groups (broad SMARTS) is 1. The molecule has 1 amide bonds. The first-order valence-corrected chi connectivity index (χ1v) is 6.05. The fourth-order valence-corrected chi connectivity index (χ4v) is 2.27. The molecule has 0 bridgehead atoms. The Labute approximate surface area is 111 Å². The Kier molecular flexibility index (Phi) is 3.35. The summed E-state index contributed by atoms with van der Waals surface area (Å²) in [5, 5.41) is 8.77. The quantitative estimate of drug-likeness (QED) is 0.845. The largest absolute Gasteiger partial charge is 0.478 e. The van der Waals surface area contributed by atoms with Crippen LogP contribution in [0.4, 0.5) is 5.82 Å². The van der Waals surface area contributed by atoms with Gasteiger partial charge in [0.05, 0.1) is 5.38 Å². The van der Waals surface area contributed by atoms with Gasteiger partial charge < -0.3 is 5.11 Å². The highest BCUT2D eigenvalue weighted by Gasteiger charge is 2.32. The monoisotopic (exact) mass is 318 g/mol. The maximum atomic E-state index is 11.6. The van der Waals surface area contributed by atoms with E-state index in [0.717, 1.165) is 0 Å². The minimum atomic E-state index is -1.13. The van der Waals surface area contributed by atoms with E-state index in [2.05, 4.69) is 20.9 Å². The van der Waals surface area contributed by atoms with Crippen molar-refractivity contribution < 1.29 is 14.7 Å². The lowest BCUT2D eigenvalue weighted by atomic mass is 10.2. The van der Waals surface area contributed by atoms with Crippen molar-refractivity contribution in [3.63, 3.8) is 0 Å². The summed E-state index contributed by atoms with van der Waals surface area (Å²) in [6.07, 6.45) is 1.66. The first-order chi connectivity index (χ1) is 7.99. The molecule has 1 aromatic heterocycles. The van der Waals surface area contributed by atoms with Crippen molar-refractivity contribution in [2.24, 2.45) is 0 Å². The summed E-state index contributed by atoms with van der Waals surface area (Å²) in [7, 11) is 0. The first kappa shape index (κ1) is 12.3. The molecule has 1 unspecified atom stereocenters. The number of pyridine rings is 1. The Hall–Kier alpha value is -1.14. The topological polar surface area (TPSA) is 70.5 Å². The van der Waals surface area contributed by atoms with Crippen LogP contribution < -0.4 is 4.90 Å². The third-order valence-corrected chi connectivity index (χ3v) is 3.12. The Morgan fingerprint density at radius 3 is 2.88 bits per heavy atom. The Morgan fingerprint density at radius 2 is 2.35 bits per heavy atom. The number of nitrogens with zero attached hydrogens (tertiary/aromatic N) is 2. The predicted molar refractivity (Wildman–Crippen MR) is 65.5 cm³/mol. The molecule has 0 aliphatic carbocycles. The minimum Gasteiger partial charge on any atom is -0.478 e. The third kappa shape index (κ3) is 2.42. The van der Waals surface area contributed by atoms with Crippen molar-refractivity contribution in [2.75, 3.05) is 11.4 Å². The molecule has 1 atom stereocenters. The summed E-state index contributed by atoms with van der Waals surface area (Å²) in [5.74, 6) is -1.18. The van der Waals surface area contributed by atoms with Crippen molar-refractivity contribution in [3.8, 4) is 0 Å². The molecule has 1 saturated heterocycles. The molecule has 1 N–H and O–H groups in total. The summed E-state index contributed by atoms with van der Waals surface area (Å²) in [4.78, 5) is 28.0. The van der Waals surface area contributed by atoms with E-state index in [1.165, 1.54) is 17.2 Å². The number of rotatable bonds is 2. The molecule has 1 aliphatic rings. The highest BCUT2D eigenvalue weighted by Crippen LogP contribution is 2.27. The molecule has 2 heterocycles. The summed E-state index contributed by atoms with van der Waals surface area (Å²) in [6.45, 7) is 0.287. The zero-order valence-corrected chi connectivity index (χ0v) is 10.9. The van der Waals surface area contributed by atoms with Gasteiger partial charge in [-0.3, -0.25) is 9.69 Å². The summed E-state index contributed by atoms with van der Waals surface area (Å²) < 4.78 is 0.549. The maximum Gasteiger partial charge on any atom is 0.339 e. The molecule has 5 nitrogen and oxygen atoms in total. The number of aromatic nitrogens is 1. The number of amides is 1. The number of aromatic carboxylic acids is 1. The van der Waals surface area contributed by atoms with E-state index in [-0.39, 0.29) is 35.6 Å². The van der Waals surface area contributed by atoms with Crippen LogP contribution in [-0.4, -0.2) is 33.9 Å². The highest BCUT2D eigenvalue weighted by atomic mass is 79.9. The summed E-state index contributed by atoms with van der Waals surface area (Å²) in [6, 6.07) is 1.42. The van der Waals surface area contributed by atoms with E-state index in [0.29, 0.717) is 4.47 Å². The number of hydrogen-bond donors (Lipinski definition) is 1. The van der Waals surface area contributed by atoms with Gasteiger partial charge in [-0.25, -0.2) is 9.78 Å². The zero-order valence-electron chi connectivity index (χ0n) is 8.56. The van der Waals surface area contributed by atoms with Crippen LogP contribution in [0, 0.1) is 0 Å². The molecule has 2 rings (SSSR count). The van der Waals surface area contributed by atoms with Crippen LogP contribution in [0.1, 0.15) is 16.8 Å². The molecule has 1 aliphatic heterocycles. The van der Waals surface area contributed by atoms with Crippen molar-refractivity contribution in [3.05, 3.63) is 22.3 Å². The van der Waals surface area contributed by atoms with Crippen LogP contribution in [0.5, 0.6) is 0 Å². The third-order valence-electron chi connectivity index (χ3n) is 2.40. The van der Waals surface area contributed by atoms with Gasteiger partial charge in [-0.1, -0.05) is 0 Å². The van der Waals surface area contributed by atoms with Gasteiger partial charge in [0.15, 0.2) is 0 Å². The number of alkyl halides is 1. The van der Waals surface area contributed by atoms with Gasteiger partial charge in [-0.15, -0.1) is 11.6 Å². The van der Waals surface area contributed by atoms with Crippen LogP contribution in [0.2, 0.25) is 0 Å². The number of halogens is 2. The van der Waals surface area contributed by atoms with E-state index in [4.69, 9.17) is 16.7 Å². The average molecular weight is 320 g/mol. The van der Waals surface area contributed by atoms with Gasteiger partial charge in [0.25, 0.3) is 0 Å². The van der Waals surface area contributed by atoms with Gasteiger partial charge in [-0.05, 0) is 22.0 Å². The fraction of sp³-hybridized carbons (Fsp3) is 0.300. The molecule has 17 heavy (non-hydrogen) atoms. The van der Waals surface area contributed by atoms with Gasteiger partial charge in [-0.2, -0.15) is 0 Å². The number of carboxylic acids is 1. The van der Waals surface area contributed by atoms with Gasteiger partial charge in [0.1, 0.15) is 11.4 Å². The van der Waals surface area contributed by atoms with E-state index in [1.54, 1.807) is 0 Å². The second-order valence-corrected chi connectivity index (χ2v) is 5.17. The van der Waals surface area contributed by atoms with Crippen LogP contribution in [-0.2, 0) is 4.79 Å². The van der Waals surface area contributed by atoms with Crippen LogP contribution in [0.15, 0.2) is 16.7 Å². The SMILES string of the molecule is O=C(O)c1cc(Br)cnc1N1CC(Cl)CC1=O. The lowest BCUT2D eigenvalue weighted by molar-refractivity contribution is -0.117. The van der Waals surface area contributed by atoms with Crippen LogP contribution in [0.25, 0.3) is 0 Å². The molecule has 0 saturated carbocycles. The molecular formula is C10H8BrClN2O3. The Balaban J connectivity index is 2.45. The first-order valence-electron chi connectivity index (χ1n) is 4.82. The second kappa shape index (κ2) is 4.62. The molecule has 0 aromatic carbocycles. The minimum absolute atomic E-state index is 0.0153. The number of anilines is 1. The Bertz CT molecular complexity index is 494. The normalized spacial score (nSPS) is 19.8. The highest BCUT2D eigenvalue weighted by molar-refractivity contribution is 9.10. The van der Waals surface area contributed by atoms with Crippen molar-refractivity contribution in [1.82, 2.24) is 4.98 Å². The Morgan fingerprint density at radius 1 is 1.65 bits per heavy atom. The number of hydrogen-bond acceptors (Lipinski definition) is 3. The fourth-order valence-electron chi connectivity index (χ4n) is 1.67. The lowest BCUT2D eigenvalue weighted by Gasteiger charge is -2.16. The zero-order chi connectivity index (χ0) is 12.6. The summed E-state index contributed by atoms with van der Waals surface area (Å²) >= 11 is 9.01. The number of carbonyl (C=O) groups excluding carboxylic acids is 1. The van der Waals surface area contributed by atoms with Gasteiger partial charge in [0.2, 0.25) is 5.91 Å². The molecular weight excluding hydrogens is 311 g/mol. The van der Waals surface area contributed by atoms with Crippen molar-refractivity contribution >= 4 is 45.2 Å². The van der Waals surface area contributed by atoms with E-state index < -0.39 is 5.97 Å². The molecule has 0 radical (unpaired) electrons. The molecule has 7 heteroatoms. The molecule has 1 fully saturated rings. The average Bonchev–Trinajstić information content (AvgIpc) is 2.57. The van der Waals surface area contributed by atoms with E-state index >= 15 is 0 Å². The van der Waals surface area contributed by atoms with Gasteiger partial charge >= 0.3 is 5.97 Å². The second-order valence-electron chi connectivity index (χ2n) is 3.64. The number of carbonyl (C=O) groups is 2.